The fraction of sp³-hybridized carbons (Fsp3) is 0.400. The van der Waals surface area contributed by atoms with Crippen LogP contribution < -0.4 is 16.4 Å². The summed E-state index contributed by atoms with van der Waals surface area (Å²) < 4.78 is 0.993. The van der Waals surface area contributed by atoms with E-state index in [1.807, 2.05) is 0 Å². The molecule has 2 aliphatic rings. The Kier molecular flexibility index (Phi) is 5.07. The van der Waals surface area contributed by atoms with Gasteiger partial charge in [-0.05, 0) is 42.7 Å². The summed E-state index contributed by atoms with van der Waals surface area (Å²) >= 11 is 7.34. The third-order valence-corrected chi connectivity index (χ3v) is 6.87. The van der Waals surface area contributed by atoms with Crippen LogP contribution in [-0.4, -0.2) is 36.6 Å². The minimum atomic E-state index is -0.488. The number of thiophene rings is 1. The van der Waals surface area contributed by atoms with E-state index in [-0.39, 0.29) is 0 Å². The van der Waals surface area contributed by atoms with Gasteiger partial charge in [0.15, 0.2) is 0 Å². The van der Waals surface area contributed by atoms with Gasteiger partial charge in [0.25, 0.3) is 5.91 Å². The Bertz CT molecular complexity index is 923. The molecular weight excluding hydrogens is 396 g/mol. The Morgan fingerprint density at radius 3 is 2.61 bits per heavy atom. The van der Waals surface area contributed by atoms with Crippen molar-refractivity contribution in [3.05, 3.63) is 45.3 Å². The number of rotatable bonds is 5. The monoisotopic (exact) mass is 419 g/mol. The number of quaternary nitrogens is 1. The number of likely N-dealkylation sites (N-methyl/N-ethyl adjacent to an activating group) is 1. The molecule has 3 amide bonds. The van der Waals surface area contributed by atoms with Crippen molar-refractivity contribution in [1.29, 1.82) is 0 Å². The molecule has 148 valence electrons. The summed E-state index contributed by atoms with van der Waals surface area (Å²) in [4.78, 5) is 25.7. The van der Waals surface area contributed by atoms with Crippen molar-refractivity contribution in [3.8, 4) is 0 Å². The van der Waals surface area contributed by atoms with Crippen LogP contribution >= 0.6 is 22.9 Å². The fourth-order valence-electron chi connectivity index (χ4n) is 3.94. The largest absolute Gasteiger partial charge is 0.365 e. The molecule has 1 aliphatic carbocycles. The van der Waals surface area contributed by atoms with Crippen molar-refractivity contribution >= 4 is 45.6 Å². The van der Waals surface area contributed by atoms with Crippen molar-refractivity contribution in [3.63, 3.8) is 0 Å². The predicted molar refractivity (Wildman–Crippen MR) is 113 cm³/mol. The van der Waals surface area contributed by atoms with Gasteiger partial charge in [0.05, 0.1) is 30.6 Å². The first-order chi connectivity index (χ1) is 13.3. The highest BCUT2D eigenvalue weighted by atomic mass is 35.5. The molecule has 0 bridgehead atoms. The molecule has 1 aliphatic heterocycles. The molecule has 6 nitrogen and oxygen atoms in total. The molecule has 4 N–H and O–H groups in total. The van der Waals surface area contributed by atoms with E-state index in [0.29, 0.717) is 21.3 Å². The van der Waals surface area contributed by atoms with E-state index >= 15 is 0 Å². The molecule has 1 atom stereocenters. The summed E-state index contributed by atoms with van der Waals surface area (Å²) in [5.41, 5.74) is 7.75. The summed E-state index contributed by atoms with van der Waals surface area (Å²) in [6, 6.07) is 6.44. The molecule has 2 heterocycles. The number of hydrogen-bond acceptors (Lipinski definition) is 3. The first kappa shape index (κ1) is 19.2. The number of nitrogens with two attached hydrogens (primary N) is 1. The van der Waals surface area contributed by atoms with E-state index in [0.717, 1.165) is 40.4 Å². The maximum Gasteiger partial charge on any atom is 0.324 e. The van der Waals surface area contributed by atoms with Crippen LogP contribution in [0.3, 0.4) is 0 Å². The summed E-state index contributed by atoms with van der Waals surface area (Å²) in [7, 11) is 2.28. The Labute approximate surface area is 173 Å². The number of halogens is 1. The van der Waals surface area contributed by atoms with Crippen LogP contribution in [0.1, 0.15) is 33.6 Å². The zero-order valence-corrected chi connectivity index (χ0v) is 17.3. The molecule has 1 aromatic carbocycles. The van der Waals surface area contributed by atoms with Gasteiger partial charge < -0.3 is 15.5 Å². The normalized spacial score (nSPS) is 21.1. The van der Waals surface area contributed by atoms with Gasteiger partial charge in [-0.3, -0.25) is 10.1 Å². The SMILES string of the molecule is C[N+]1(CC2CC2)CCc2c(sc(NC(=O)Nc3ccc(Cl)cc3)c2C(N)=O)C1. The van der Waals surface area contributed by atoms with Gasteiger partial charge in [-0.15, -0.1) is 11.3 Å². The molecule has 4 rings (SSSR count). The van der Waals surface area contributed by atoms with Crippen molar-refractivity contribution in [2.75, 3.05) is 30.8 Å². The van der Waals surface area contributed by atoms with Gasteiger partial charge in [-0.2, -0.15) is 0 Å². The lowest BCUT2D eigenvalue weighted by molar-refractivity contribution is -0.925. The van der Waals surface area contributed by atoms with E-state index in [4.69, 9.17) is 17.3 Å². The number of carbonyl (C=O) groups excluding carboxylic acids is 2. The lowest BCUT2D eigenvalue weighted by Crippen LogP contribution is -2.48. The average Bonchev–Trinajstić information content (AvgIpc) is 3.35. The molecule has 0 saturated heterocycles. The number of nitrogens with one attached hydrogen (secondary N) is 2. The molecule has 2 aromatic rings. The molecule has 28 heavy (non-hydrogen) atoms. The molecule has 1 unspecified atom stereocenters. The number of benzene rings is 1. The first-order valence-electron chi connectivity index (χ1n) is 9.44. The summed E-state index contributed by atoms with van der Waals surface area (Å²) in [5.74, 6) is 0.350. The van der Waals surface area contributed by atoms with E-state index in [1.54, 1.807) is 24.3 Å². The second-order valence-electron chi connectivity index (χ2n) is 8.04. The van der Waals surface area contributed by atoms with Crippen molar-refractivity contribution in [1.82, 2.24) is 0 Å². The summed E-state index contributed by atoms with van der Waals surface area (Å²) in [5, 5.41) is 6.71. The Balaban J connectivity index is 1.53. The number of hydrogen-bond donors (Lipinski definition) is 3. The number of anilines is 2. The first-order valence-corrected chi connectivity index (χ1v) is 10.6. The zero-order chi connectivity index (χ0) is 19.9. The number of fused-ring (bicyclic) bond motifs is 1. The zero-order valence-electron chi connectivity index (χ0n) is 15.8. The van der Waals surface area contributed by atoms with Gasteiger partial charge in [0, 0.05) is 23.0 Å². The molecule has 0 spiro atoms. The van der Waals surface area contributed by atoms with Crippen LogP contribution in [0, 0.1) is 5.92 Å². The van der Waals surface area contributed by atoms with Crippen molar-refractivity contribution in [2.24, 2.45) is 11.7 Å². The van der Waals surface area contributed by atoms with E-state index in [9.17, 15) is 9.59 Å². The Hall–Kier alpha value is -2.09. The standard InChI is InChI=1S/C20H23ClN4O2S/c1-25(10-12-2-3-12)9-8-15-16(11-25)28-19(17(15)18(22)26)24-20(27)23-14-6-4-13(21)5-7-14/h4-7,12H,2-3,8-11H2,1H3,(H3-,22,23,24,26,27)/p+1. The van der Waals surface area contributed by atoms with Gasteiger partial charge in [-0.1, -0.05) is 11.6 Å². The van der Waals surface area contributed by atoms with E-state index in [2.05, 4.69) is 17.7 Å². The molecule has 0 radical (unpaired) electrons. The summed E-state index contributed by atoms with van der Waals surface area (Å²) in [6.45, 7) is 3.07. The topological polar surface area (TPSA) is 84.2 Å². The van der Waals surface area contributed by atoms with E-state index in [1.165, 1.54) is 30.7 Å². The Morgan fingerprint density at radius 2 is 1.96 bits per heavy atom. The number of primary amides is 1. The second kappa shape index (κ2) is 7.39. The fourth-order valence-corrected chi connectivity index (χ4v) is 5.48. The number of amides is 3. The lowest BCUT2D eigenvalue weighted by Gasteiger charge is -2.37. The van der Waals surface area contributed by atoms with Gasteiger partial charge in [-0.25, -0.2) is 4.79 Å². The van der Waals surface area contributed by atoms with Crippen LogP contribution in [0.2, 0.25) is 5.02 Å². The molecule has 1 fully saturated rings. The number of carbonyl (C=O) groups is 2. The van der Waals surface area contributed by atoms with Crippen LogP contribution in [-0.2, 0) is 13.0 Å². The summed E-state index contributed by atoms with van der Waals surface area (Å²) in [6.07, 6.45) is 3.47. The van der Waals surface area contributed by atoms with Crippen LogP contribution in [0.5, 0.6) is 0 Å². The second-order valence-corrected chi connectivity index (χ2v) is 9.58. The highest BCUT2D eigenvalue weighted by Crippen LogP contribution is 2.41. The van der Waals surface area contributed by atoms with Gasteiger partial charge >= 0.3 is 6.03 Å². The lowest BCUT2D eigenvalue weighted by atomic mass is 10.0. The molecular formula is C20H24ClN4O2S+. The number of nitrogens with zero attached hydrogens (tertiary/aromatic N) is 1. The van der Waals surface area contributed by atoms with Gasteiger partial charge in [0.1, 0.15) is 11.5 Å². The minimum Gasteiger partial charge on any atom is -0.365 e. The highest BCUT2D eigenvalue weighted by molar-refractivity contribution is 7.17. The number of urea groups is 1. The molecule has 8 heteroatoms. The maximum absolute atomic E-state index is 12.4. The third-order valence-electron chi connectivity index (χ3n) is 5.49. The molecule has 1 saturated carbocycles. The molecule has 1 aromatic heterocycles. The Morgan fingerprint density at radius 1 is 1.25 bits per heavy atom. The quantitative estimate of drug-likeness (QED) is 0.638. The van der Waals surface area contributed by atoms with Crippen molar-refractivity contribution in [2.45, 2.75) is 25.8 Å². The predicted octanol–water partition coefficient (Wildman–Crippen LogP) is 4.06. The highest BCUT2D eigenvalue weighted by Gasteiger charge is 2.38. The van der Waals surface area contributed by atoms with Crippen LogP contribution in [0.4, 0.5) is 15.5 Å². The third kappa shape index (κ3) is 4.16. The smallest absolute Gasteiger partial charge is 0.324 e. The van der Waals surface area contributed by atoms with Gasteiger partial charge in [0.2, 0.25) is 0 Å². The van der Waals surface area contributed by atoms with Crippen LogP contribution in [0.15, 0.2) is 24.3 Å². The maximum atomic E-state index is 12.4. The van der Waals surface area contributed by atoms with Crippen molar-refractivity contribution < 1.29 is 14.1 Å². The van der Waals surface area contributed by atoms with Crippen LogP contribution in [0.25, 0.3) is 0 Å². The average molecular weight is 420 g/mol. The minimum absolute atomic E-state index is 0.404. The van der Waals surface area contributed by atoms with E-state index < -0.39 is 11.9 Å².